The Hall–Kier alpha value is -1.63. The largest absolute Gasteiger partial charge is 0.399 e. The first-order chi connectivity index (χ1) is 9.49. The number of anilines is 1. The fourth-order valence-corrected chi connectivity index (χ4v) is 3.24. The third-order valence-corrected chi connectivity index (χ3v) is 4.62. The minimum Gasteiger partial charge on any atom is -0.399 e. The second kappa shape index (κ2) is 6.21. The fourth-order valence-electron chi connectivity index (χ4n) is 1.68. The molecule has 0 bridgehead atoms. The first-order valence-electron chi connectivity index (χ1n) is 5.92. The summed E-state index contributed by atoms with van der Waals surface area (Å²) in [5.41, 5.74) is 6.89. The highest BCUT2D eigenvalue weighted by molar-refractivity contribution is 7.89. The molecule has 0 unspecified atom stereocenters. The molecule has 1 aromatic carbocycles. The van der Waals surface area contributed by atoms with E-state index in [2.05, 4.69) is 9.71 Å². The molecule has 0 aliphatic heterocycles. The number of benzene rings is 1. The van der Waals surface area contributed by atoms with Crippen LogP contribution in [0.25, 0.3) is 0 Å². The Labute approximate surface area is 122 Å². The van der Waals surface area contributed by atoms with Gasteiger partial charge in [0.2, 0.25) is 10.0 Å². The highest BCUT2D eigenvalue weighted by atomic mass is 35.5. The van der Waals surface area contributed by atoms with E-state index in [0.717, 1.165) is 5.56 Å². The second-order valence-electron chi connectivity index (χ2n) is 4.20. The zero-order valence-corrected chi connectivity index (χ0v) is 12.2. The summed E-state index contributed by atoms with van der Waals surface area (Å²) >= 11 is 5.89. The van der Waals surface area contributed by atoms with Gasteiger partial charge in [-0.2, -0.15) is 0 Å². The van der Waals surface area contributed by atoms with Gasteiger partial charge in [0.15, 0.2) is 0 Å². The van der Waals surface area contributed by atoms with E-state index in [1.54, 1.807) is 24.5 Å². The van der Waals surface area contributed by atoms with Crippen LogP contribution in [0.3, 0.4) is 0 Å². The zero-order valence-electron chi connectivity index (χ0n) is 10.6. The third-order valence-electron chi connectivity index (χ3n) is 2.67. The van der Waals surface area contributed by atoms with Gasteiger partial charge in [-0.25, -0.2) is 13.1 Å². The smallest absolute Gasteiger partial charge is 0.242 e. The SMILES string of the molecule is Nc1ccc(Cl)c(S(=O)(=O)NCCc2cccnc2)c1. The van der Waals surface area contributed by atoms with E-state index in [9.17, 15) is 8.42 Å². The van der Waals surface area contributed by atoms with Crippen LogP contribution in [0.2, 0.25) is 5.02 Å². The molecule has 3 N–H and O–H groups in total. The molecule has 1 heterocycles. The number of nitrogens with two attached hydrogens (primary N) is 1. The molecule has 0 atom stereocenters. The van der Waals surface area contributed by atoms with Crippen LogP contribution in [0.1, 0.15) is 5.56 Å². The number of aromatic nitrogens is 1. The van der Waals surface area contributed by atoms with Gasteiger partial charge >= 0.3 is 0 Å². The van der Waals surface area contributed by atoms with Crippen molar-refractivity contribution in [1.82, 2.24) is 9.71 Å². The van der Waals surface area contributed by atoms with Crippen molar-refractivity contribution < 1.29 is 8.42 Å². The lowest BCUT2D eigenvalue weighted by atomic mass is 10.2. The van der Waals surface area contributed by atoms with E-state index < -0.39 is 10.0 Å². The maximum absolute atomic E-state index is 12.1. The Bertz CT molecular complexity index is 690. The molecule has 0 fully saturated rings. The van der Waals surface area contributed by atoms with E-state index >= 15 is 0 Å². The molecule has 106 valence electrons. The number of nitrogens with zero attached hydrogens (tertiary/aromatic N) is 1. The predicted octanol–water partition coefficient (Wildman–Crippen LogP) is 1.84. The minimum absolute atomic E-state index is 0.00893. The molecule has 1 aromatic heterocycles. The molecular weight excluding hydrogens is 298 g/mol. The Morgan fingerprint density at radius 3 is 2.80 bits per heavy atom. The van der Waals surface area contributed by atoms with Crippen LogP contribution in [0.5, 0.6) is 0 Å². The summed E-state index contributed by atoms with van der Waals surface area (Å²) in [6, 6.07) is 8.05. The second-order valence-corrected chi connectivity index (χ2v) is 6.34. The van der Waals surface area contributed by atoms with Crippen molar-refractivity contribution in [2.45, 2.75) is 11.3 Å². The number of nitrogen functional groups attached to an aromatic ring is 1. The minimum atomic E-state index is -3.67. The molecule has 2 rings (SSSR count). The van der Waals surface area contributed by atoms with Gasteiger partial charge in [0.05, 0.1) is 5.02 Å². The van der Waals surface area contributed by atoms with Gasteiger partial charge in [0, 0.05) is 24.6 Å². The van der Waals surface area contributed by atoms with Gasteiger partial charge in [-0.05, 0) is 36.2 Å². The highest BCUT2D eigenvalue weighted by Crippen LogP contribution is 2.23. The summed E-state index contributed by atoms with van der Waals surface area (Å²) in [5.74, 6) is 0. The first-order valence-corrected chi connectivity index (χ1v) is 7.79. The van der Waals surface area contributed by atoms with Gasteiger partial charge in [-0.1, -0.05) is 17.7 Å². The van der Waals surface area contributed by atoms with Gasteiger partial charge in [0.25, 0.3) is 0 Å². The van der Waals surface area contributed by atoms with Crippen LogP contribution in [-0.2, 0) is 16.4 Å². The average molecular weight is 312 g/mol. The standard InChI is InChI=1S/C13H14ClN3O2S/c14-12-4-3-11(15)8-13(12)20(18,19)17-7-5-10-2-1-6-16-9-10/h1-4,6,8-9,17H,5,7,15H2. The van der Waals surface area contributed by atoms with E-state index in [-0.39, 0.29) is 16.5 Å². The summed E-state index contributed by atoms with van der Waals surface area (Å²) in [5, 5.41) is 0.146. The molecule has 0 radical (unpaired) electrons. The Morgan fingerprint density at radius 2 is 2.10 bits per heavy atom. The monoisotopic (exact) mass is 311 g/mol. The van der Waals surface area contributed by atoms with Crippen LogP contribution in [0.15, 0.2) is 47.6 Å². The van der Waals surface area contributed by atoms with Crippen molar-refractivity contribution in [2.24, 2.45) is 0 Å². The molecule has 0 saturated carbocycles. The summed E-state index contributed by atoms with van der Waals surface area (Å²) in [4.78, 5) is 3.96. The number of nitrogens with one attached hydrogen (secondary N) is 1. The molecule has 0 aliphatic carbocycles. The van der Waals surface area contributed by atoms with E-state index in [4.69, 9.17) is 17.3 Å². The number of hydrogen-bond acceptors (Lipinski definition) is 4. The van der Waals surface area contributed by atoms with E-state index in [1.807, 2.05) is 6.07 Å². The molecule has 20 heavy (non-hydrogen) atoms. The van der Waals surface area contributed by atoms with Crippen molar-refractivity contribution >= 4 is 27.3 Å². The molecule has 0 aliphatic rings. The Kier molecular flexibility index (Phi) is 4.59. The van der Waals surface area contributed by atoms with E-state index in [0.29, 0.717) is 12.1 Å². The topological polar surface area (TPSA) is 85.1 Å². The molecular formula is C13H14ClN3O2S. The Balaban J connectivity index is 2.06. The van der Waals surface area contributed by atoms with E-state index in [1.165, 1.54) is 12.1 Å². The highest BCUT2D eigenvalue weighted by Gasteiger charge is 2.17. The number of hydrogen-bond donors (Lipinski definition) is 2. The van der Waals surface area contributed by atoms with Crippen LogP contribution in [0.4, 0.5) is 5.69 Å². The first kappa shape index (κ1) is 14.8. The lowest BCUT2D eigenvalue weighted by Gasteiger charge is -2.09. The number of halogens is 1. The van der Waals surface area contributed by atoms with Gasteiger partial charge < -0.3 is 5.73 Å². The van der Waals surface area contributed by atoms with Gasteiger partial charge in [-0.15, -0.1) is 0 Å². The van der Waals surface area contributed by atoms with Gasteiger partial charge in [-0.3, -0.25) is 4.98 Å². The zero-order chi connectivity index (χ0) is 14.6. The van der Waals surface area contributed by atoms with Crippen LogP contribution in [0, 0.1) is 0 Å². The van der Waals surface area contributed by atoms with Crippen LogP contribution < -0.4 is 10.5 Å². The van der Waals surface area contributed by atoms with Crippen LogP contribution >= 0.6 is 11.6 Å². The molecule has 0 spiro atoms. The third kappa shape index (κ3) is 3.69. The normalized spacial score (nSPS) is 11.4. The fraction of sp³-hybridized carbons (Fsp3) is 0.154. The van der Waals surface area contributed by atoms with Crippen molar-refractivity contribution in [2.75, 3.05) is 12.3 Å². The average Bonchev–Trinajstić information content (AvgIpc) is 2.42. The number of pyridine rings is 1. The molecule has 5 nitrogen and oxygen atoms in total. The maximum Gasteiger partial charge on any atom is 0.242 e. The quantitative estimate of drug-likeness (QED) is 0.825. The van der Waals surface area contributed by atoms with Crippen molar-refractivity contribution in [3.63, 3.8) is 0 Å². The Morgan fingerprint density at radius 1 is 1.30 bits per heavy atom. The predicted molar refractivity (Wildman–Crippen MR) is 79.0 cm³/mol. The number of rotatable bonds is 5. The van der Waals surface area contributed by atoms with Crippen molar-refractivity contribution in [3.8, 4) is 0 Å². The molecule has 0 amide bonds. The number of sulfonamides is 1. The maximum atomic E-state index is 12.1. The summed E-state index contributed by atoms with van der Waals surface area (Å²) < 4.78 is 26.8. The summed E-state index contributed by atoms with van der Waals surface area (Å²) in [7, 11) is -3.67. The van der Waals surface area contributed by atoms with Crippen LogP contribution in [-0.4, -0.2) is 19.9 Å². The van der Waals surface area contributed by atoms with Gasteiger partial charge in [0.1, 0.15) is 4.90 Å². The summed E-state index contributed by atoms with van der Waals surface area (Å²) in [6.45, 7) is 0.263. The lowest BCUT2D eigenvalue weighted by Crippen LogP contribution is -2.26. The molecule has 0 saturated heterocycles. The molecule has 7 heteroatoms. The van der Waals surface area contributed by atoms with Crippen molar-refractivity contribution in [1.29, 1.82) is 0 Å². The molecule has 2 aromatic rings. The summed E-state index contributed by atoms with van der Waals surface area (Å²) in [6.07, 6.45) is 3.91. The lowest BCUT2D eigenvalue weighted by molar-refractivity contribution is 0.581. The van der Waals surface area contributed by atoms with Crippen molar-refractivity contribution in [3.05, 3.63) is 53.3 Å².